The molecule has 0 aliphatic carbocycles. The highest BCUT2D eigenvalue weighted by Gasteiger charge is 2.29. The van der Waals surface area contributed by atoms with Crippen molar-refractivity contribution in [2.45, 2.75) is 22.2 Å². The maximum atomic E-state index is 12.1. The van der Waals surface area contributed by atoms with Crippen molar-refractivity contribution in [3.05, 3.63) is 23.8 Å². The van der Waals surface area contributed by atoms with E-state index in [-0.39, 0.29) is 33.7 Å². The van der Waals surface area contributed by atoms with E-state index >= 15 is 0 Å². The highest BCUT2D eigenvalue weighted by molar-refractivity contribution is 9.10. The number of thioether (sulfide) groups is 1. The van der Waals surface area contributed by atoms with Crippen LogP contribution in [0, 0.1) is 0 Å². The number of nitrogen functional groups attached to an aromatic ring is 1. The smallest absolute Gasteiger partial charge is 0.398 e. The van der Waals surface area contributed by atoms with Crippen molar-refractivity contribution < 1.29 is 18.0 Å². The van der Waals surface area contributed by atoms with Crippen LogP contribution in [-0.4, -0.2) is 16.1 Å². The van der Waals surface area contributed by atoms with E-state index in [2.05, 4.69) is 15.9 Å². The average molecular weight is 328 g/mol. The monoisotopic (exact) mass is 327 g/mol. The molecule has 1 aromatic carbocycles. The van der Waals surface area contributed by atoms with E-state index < -0.39 is 10.3 Å². The van der Waals surface area contributed by atoms with Gasteiger partial charge in [-0.3, -0.25) is 4.79 Å². The summed E-state index contributed by atoms with van der Waals surface area (Å²) in [7, 11) is 0. The molecule has 0 spiro atoms. The molecule has 0 amide bonds. The quantitative estimate of drug-likeness (QED) is 0.397. The van der Waals surface area contributed by atoms with E-state index in [1.807, 2.05) is 0 Å². The Bertz CT molecular complexity index is 434. The molecule has 7 heteroatoms. The number of Topliss-reactive ketones (excluding diaryl/α,β-unsaturated/α-hetero) is 1. The largest absolute Gasteiger partial charge is 0.446 e. The Morgan fingerprint density at radius 3 is 2.47 bits per heavy atom. The molecule has 0 heterocycles. The van der Waals surface area contributed by atoms with Crippen LogP contribution in [0.25, 0.3) is 0 Å². The number of halogens is 4. The molecule has 0 bridgehead atoms. The third kappa shape index (κ3) is 4.23. The minimum absolute atomic E-state index is 0.0335. The summed E-state index contributed by atoms with van der Waals surface area (Å²) in [5.41, 5.74) is 1.47. The number of benzene rings is 1. The molecule has 1 unspecified atom stereocenters. The Labute approximate surface area is 109 Å². The van der Waals surface area contributed by atoms with E-state index in [0.29, 0.717) is 0 Å². The first-order chi connectivity index (χ1) is 7.70. The van der Waals surface area contributed by atoms with Crippen molar-refractivity contribution in [3.63, 3.8) is 0 Å². The number of hydrogen-bond donors (Lipinski definition) is 1. The predicted octanol–water partition coefficient (Wildman–Crippen LogP) is 3.85. The summed E-state index contributed by atoms with van der Waals surface area (Å²) in [6.07, 6.45) is 0. The van der Waals surface area contributed by atoms with E-state index in [1.54, 1.807) is 6.92 Å². The van der Waals surface area contributed by atoms with Gasteiger partial charge >= 0.3 is 5.51 Å². The fourth-order valence-corrected chi connectivity index (χ4v) is 2.01. The number of anilines is 1. The van der Waals surface area contributed by atoms with Gasteiger partial charge in [-0.25, -0.2) is 0 Å². The zero-order chi connectivity index (χ0) is 13.2. The SMILES string of the molecule is CC(Br)C(=O)c1ccc(SC(F)(F)F)cc1N. The fraction of sp³-hybridized carbons (Fsp3) is 0.300. The zero-order valence-electron chi connectivity index (χ0n) is 8.72. The summed E-state index contributed by atoms with van der Waals surface area (Å²) in [5, 5.41) is 0. The average Bonchev–Trinajstić information content (AvgIpc) is 2.14. The van der Waals surface area contributed by atoms with E-state index in [9.17, 15) is 18.0 Å². The maximum absolute atomic E-state index is 12.1. The minimum Gasteiger partial charge on any atom is -0.398 e. The Balaban J connectivity index is 2.98. The fourth-order valence-electron chi connectivity index (χ4n) is 1.18. The highest BCUT2D eigenvalue weighted by atomic mass is 79.9. The van der Waals surface area contributed by atoms with Crippen LogP contribution in [0.15, 0.2) is 23.1 Å². The number of ketones is 1. The van der Waals surface area contributed by atoms with Gasteiger partial charge in [-0.05, 0) is 36.9 Å². The molecule has 17 heavy (non-hydrogen) atoms. The third-order valence-electron chi connectivity index (χ3n) is 1.88. The lowest BCUT2D eigenvalue weighted by Crippen LogP contribution is -2.12. The van der Waals surface area contributed by atoms with E-state index in [1.165, 1.54) is 12.1 Å². The molecule has 1 rings (SSSR count). The summed E-state index contributed by atoms with van der Waals surface area (Å²) in [6.45, 7) is 1.63. The van der Waals surface area contributed by atoms with Gasteiger partial charge in [-0.1, -0.05) is 15.9 Å². The molecule has 1 atom stereocenters. The van der Waals surface area contributed by atoms with Gasteiger partial charge in [-0.15, -0.1) is 0 Å². The second kappa shape index (κ2) is 5.30. The molecule has 0 saturated heterocycles. The topological polar surface area (TPSA) is 43.1 Å². The number of hydrogen-bond acceptors (Lipinski definition) is 3. The van der Waals surface area contributed by atoms with Gasteiger partial charge in [0.25, 0.3) is 0 Å². The Kier molecular flexibility index (Phi) is 4.48. The highest BCUT2D eigenvalue weighted by Crippen LogP contribution is 2.38. The van der Waals surface area contributed by atoms with Crippen LogP contribution in [0.3, 0.4) is 0 Å². The standard InChI is InChI=1S/C10H9BrF3NOS/c1-5(11)9(16)7-3-2-6(4-8(7)15)17-10(12,13)14/h2-5H,15H2,1H3. The molecule has 2 nitrogen and oxygen atoms in total. The predicted molar refractivity (Wildman–Crippen MR) is 65.5 cm³/mol. The molecule has 94 valence electrons. The van der Waals surface area contributed by atoms with Gasteiger partial charge < -0.3 is 5.73 Å². The summed E-state index contributed by atoms with van der Waals surface area (Å²) < 4.78 is 36.3. The van der Waals surface area contributed by atoms with Gasteiger partial charge in [-0.2, -0.15) is 13.2 Å². The normalized spacial score (nSPS) is 13.5. The number of carbonyl (C=O) groups is 1. The molecule has 0 aliphatic rings. The van der Waals surface area contributed by atoms with Gasteiger partial charge in [0.15, 0.2) is 5.78 Å². The summed E-state index contributed by atoms with van der Waals surface area (Å²) >= 11 is 2.83. The molecule has 2 N–H and O–H groups in total. The van der Waals surface area contributed by atoms with Crippen LogP contribution in [0.1, 0.15) is 17.3 Å². The Hall–Kier alpha value is -0.690. The van der Waals surface area contributed by atoms with Crippen LogP contribution in [0.5, 0.6) is 0 Å². The zero-order valence-corrected chi connectivity index (χ0v) is 11.1. The first-order valence-corrected chi connectivity index (χ1v) is 6.27. The first kappa shape index (κ1) is 14.4. The second-order valence-electron chi connectivity index (χ2n) is 3.28. The lowest BCUT2D eigenvalue weighted by Gasteiger charge is -2.10. The van der Waals surface area contributed by atoms with Gasteiger partial charge in [0.2, 0.25) is 0 Å². The molecule has 1 aromatic rings. The van der Waals surface area contributed by atoms with Crippen LogP contribution < -0.4 is 5.73 Å². The van der Waals surface area contributed by atoms with Crippen molar-refractivity contribution >= 4 is 39.2 Å². The number of alkyl halides is 4. The van der Waals surface area contributed by atoms with Gasteiger partial charge in [0.05, 0.1) is 4.83 Å². The van der Waals surface area contributed by atoms with Crippen LogP contribution >= 0.6 is 27.7 Å². The lowest BCUT2D eigenvalue weighted by molar-refractivity contribution is -0.0328. The maximum Gasteiger partial charge on any atom is 0.446 e. The Morgan fingerprint density at radius 2 is 2.06 bits per heavy atom. The van der Waals surface area contributed by atoms with E-state index in [4.69, 9.17) is 5.73 Å². The lowest BCUT2D eigenvalue weighted by atomic mass is 10.1. The van der Waals surface area contributed by atoms with Crippen molar-refractivity contribution in [1.82, 2.24) is 0 Å². The summed E-state index contributed by atoms with van der Waals surface area (Å²) in [5.74, 6) is -0.258. The number of nitrogens with two attached hydrogens (primary N) is 1. The molecule has 0 aliphatic heterocycles. The summed E-state index contributed by atoms with van der Waals surface area (Å²) in [6, 6.07) is 3.70. The van der Waals surface area contributed by atoms with Crippen LogP contribution in [-0.2, 0) is 0 Å². The van der Waals surface area contributed by atoms with Crippen LogP contribution in [0.4, 0.5) is 18.9 Å². The first-order valence-electron chi connectivity index (χ1n) is 4.54. The third-order valence-corrected chi connectivity index (χ3v) is 3.02. The summed E-state index contributed by atoms with van der Waals surface area (Å²) in [4.78, 5) is 11.1. The molecule has 0 aromatic heterocycles. The second-order valence-corrected chi connectivity index (χ2v) is 5.79. The van der Waals surface area contributed by atoms with E-state index in [0.717, 1.165) is 6.07 Å². The minimum atomic E-state index is -4.36. The molecular formula is C10H9BrF3NOS. The number of rotatable bonds is 3. The van der Waals surface area contributed by atoms with Crippen molar-refractivity contribution in [2.75, 3.05) is 5.73 Å². The van der Waals surface area contributed by atoms with Gasteiger partial charge in [0, 0.05) is 16.1 Å². The molecule has 0 saturated carbocycles. The molecule has 0 fully saturated rings. The number of carbonyl (C=O) groups excluding carboxylic acids is 1. The van der Waals surface area contributed by atoms with Crippen molar-refractivity contribution in [1.29, 1.82) is 0 Å². The molecular weight excluding hydrogens is 319 g/mol. The van der Waals surface area contributed by atoms with Crippen molar-refractivity contribution in [2.24, 2.45) is 0 Å². The van der Waals surface area contributed by atoms with Gasteiger partial charge in [0.1, 0.15) is 0 Å². The Morgan fingerprint density at radius 1 is 1.47 bits per heavy atom. The van der Waals surface area contributed by atoms with Crippen molar-refractivity contribution in [3.8, 4) is 0 Å². The van der Waals surface area contributed by atoms with Crippen LogP contribution in [0.2, 0.25) is 0 Å². The molecule has 0 radical (unpaired) electrons.